The van der Waals surface area contributed by atoms with Gasteiger partial charge in [-0.15, -0.1) is 0 Å². The summed E-state index contributed by atoms with van der Waals surface area (Å²) in [4.78, 5) is 16.4. The maximum atomic E-state index is 11.8. The van der Waals surface area contributed by atoms with Crippen LogP contribution in [0.25, 0.3) is 11.0 Å². The van der Waals surface area contributed by atoms with Crippen molar-refractivity contribution in [2.75, 3.05) is 26.2 Å². The van der Waals surface area contributed by atoms with Gasteiger partial charge < -0.3 is 9.32 Å². The maximum absolute atomic E-state index is 11.8. The molecule has 23 heavy (non-hydrogen) atoms. The highest BCUT2D eigenvalue weighted by Gasteiger charge is 2.27. The Bertz CT molecular complexity index is 660. The lowest BCUT2D eigenvalue weighted by molar-refractivity contribution is -0.128. The van der Waals surface area contributed by atoms with Gasteiger partial charge in [-0.1, -0.05) is 18.2 Å². The Labute approximate surface area is 137 Å². The van der Waals surface area contributed by atoms with Crippen LogP contribution in [0.15, 0.2) is 34.7 Å². The minimum absolute atomic E-state index is 0.347. The van der Waals surface area contributed by atoms with Crippen molar-refractivity contribution >= 4 is 16.9 Å². The third kappa shape index (κ3) is 3.27. The third-order valence-electron chi connectivity index (χ3n) is 5.11. The van der Waals surface area contributed by atoms with E-state index in [-0.39, 0.29) is 0 Å². The Kier molecular flexibility index (Phi) is 4.08. The fourth-order valence-electron chi connectivity index (χ4n) is 3.99. The molecule has 0 unspecified atom stereocenters. The van der Waals surface area contributed by atoms with Gasteiger partial charge in [-0.05, 0) is 43.9 Å². The molecular formula is C19H24N2O2. The number of piperidine rings is 1. The summed E-state index contributed by atoms with van der Waals surface area (Å²) in [5.41, 5.74) is 0.971. The summed E-state index contributed by atoms with van der Waals surface area (Å²) in [6.07, 6.45) is 4.23. The van der Waals surface area contributed by atoms with Crippen molar-refractivity contribution < 1.29 is 9.21 Å². The Morgan fingerprint density at radius 2 is 2.09 bits per heavy atom. The van der Waals surface area contributed by atoms with Gasteiger partial charge in [0.1, 0.15) is 11.3 Å². The van der Waals surface area contributed by atoms with E-state index in [0.717, 1.165) is 56.9 Å². The molecule has 3 heterocycles. The van der Waals surface area contributed by atoms with E-state index in [1.54, 1.807) is 0 Å². The van der Waals surface area contributed by atoms with Gasteiger partial charge in [-0.25, -0.2) is 0 Å². The van der Waals surface area contributed by atoms with Crippen molar-refractivity contribution in [1.82, 2.24) is 9.80 Å². The average molecular weight is 312 g/mol. The molecule has 122 valence electrons. The second-order valence-electron chi connectivity index (χ2n) is 6.94. The molecule has 4 heteroatoms. The number of hydrogen-bond donors (Lipinski definition) is 0. The van der Waals surface area contributed by atoms with Gasteiger partial charge >= 0.3 is 0 Å². The number of carbonyl (C=O) groups excluding carboxylic acids is 1. The van der Waals surface area contributed by atoms with Crippen LogP contribution >= 0.6 is 0 Å². The Morgan fingerprint density at radius 3 is 2.91 bits per heavy atom. The van der Waals surface area contributed by atoms with Crippen molar-refractivity contribution in [3.63, 3.8) is 0 Å². The minimum Gasteiger partial charge on any atom is -0.460 e. The first kappa shape index (κ1) is 14.8. The molecule has 0 radical (unpaired) electrons. The van der Waals surface area contributed by atoms with Crippen LogP contribution in [0.4, 0.5) is 0 Å². The minimum atomic E-state index is 0.347. The van der Waals surface area contributed by atoms with E-state index in [4.69, 9.17) is 4.42 Å². The van der Waals surface area contributed by atoms with E-state index in [2.05, 4.69) is 21.9 Å². The first-order chi connectivity index (χ1) is 11.3. The molecule has 2 fully saturated rings. The van der Waals surface area contributed by atoms with Crippen LogP contribution in [-0.4, -0.2) is 41.9 Å². The van der Waals surface area contributed by atoms with Gasteiger partial charge in [0.15, 0.2) is 0 Å². The monoisotopic (exact) mass is 312 g/mol. The van der Waals surface area contributed by atoms with Crippen LogP contribution in [0.1, 0.15) is 31.4 Å². The fourth-order valence-corrected chi connectivity index (χ4v) is 3.99. The van der Waals surface area contributed by atoms with Crippen LogP contribution in [0.3, 0.4) is 0 Å². The number of carbonyl (C=O) groups is 1. The molecule has 0 aliphatic carbocycles. The second kappa shape index (κ2) is 6.36. The molecule has 2 saturated heterocycles. The van der Waals surface area contributed by atoms with Gasteiger partial charge in [0.2, 0.25) is 5.91 Å². The zero-order valence-electron chi connectivity index (χ0n) is 13.5. The molecule has 1 aromatic carbocycles. The standard InChI is InChI=1S/C19H24N2O2/c22-19-8-4-10-21(19)13-15-5-3-9-20(12-15)14-17-11-16-6-1-2-7-18(16)23-17/h1-2,6-7,11,15H,3-5,8-10,12-14H2/t15-/m1/s1. The van der Waals surface area contributed by atoms with E-state index in [1.165, 1.54) is 18.2 Å². The lowest BCUT2D eigenvalue weighted by Gasteiger charge is -2.34. The van der Waals surface area contributed by atoms with Crippen molar-refractivity contribution in [2.45, 2.75) is 32.2 Å². The van der Waals surface area contributed by atoms with Crippen LogP contribution < -0.4 is 0 Å². The molecule has 1 amide bonds. The predicted octanol–water partition coefficient (Wildman–Crippen LogP) is 3.27. The van der Waals surface area contributed by atoms with E-state index in [9.17, 15) is 4.79 Å². The van der Waals surface area contributed by atoms with Crippen LogP contribution in [-0.2, 0) is 11.3 Å². The number of fused-ring (bicyclic) bond motifs is 1. The molecule has 2 aliphatic heterocycles. The molecule has 2 aromatic rings. The summed E-state index contributed by atoms with van der Waals surface area (Å²) in [6, 6.07) is 10.3. The normalized spacial score (nSPS) is 23.0. The SMILES string of the molecule is O=C1CCCN1C[C@@H]1CCCN(Cc2cc3ccccc3o2)C1. The fraction of sp³-hybridized carbons (Fsp3) is 0.526. The second-order valence-corrected chi connectivity index (χ2v) is 6.94. The molecule has 1 aromatic heterocycles. The molecule has 0 bridgehead atoms. The van der Waals surface area contributed by atoms with Crippen molar-refractivity contribution in [3.8, 4) is 0 Å². The summed E-state index contributed by atoms with van der Waals surface area (Å²) in [7, 11) is 0. The summed E-state index contributed by atoms with van der Waals surface area (Å²) >= 11 is 0. The molecule has 0 saturated carbocycles. The first-order valence-electron chi connectivity index (χ1n) is 8.75. The van der Waals surface area contributed by atoms with E-state index in [0.29, 0.717) is 11.8 Å². The highest BCUT2D eigenvalue weighted by atomic mass is 16.3. The molecule has 0 N–H and O–H groups in total. The lowest BCUT2D eigenvalue weighted by atomic mass is 9.97. The number of hydrogen-bond acceptors (Lipinski definition) is 3. The highest BCUT2D eigenvalue weighted by Crippen LogP contribution is 2.24. The van der Waals surface area contributed by atoms with Crippen LogP contribution in [0.2, 0.25) is 0 Å². The van der Waals surface area contributed by atoms with Crippen LogP contribution in [0, 0.1) is 5.92 Å². The number of amides is 1. The molecule has 4 nitrogen and oxygen atoms in total. The first-order valence-corrected chi connectivity index (χ1v) is 8.75. The molecule has 0 spiro atoms. The molecule has 1 atom stereocenters. The van der Waals surface area contributed by atoms with Gasteiger partial charge in [0.05, 0.1) is 6.54 Å². The van der Waals surface area contributed by atoms with Gasteiger partial charge in [-0.3, -0.25) is 9.69 Å². The largest absolute Gasteiger partial charge is 0.460 e. The topological polar surface area (TPSA) is 36.7 Å². The number of likely N-dealkylation sites (tertiary alicyclic amines) is 2. The molecule has 4 rings (SSSR count). The highest BCUT2D eigenvalue weighted by molar-refractivity contribution is 5.78. The smallest absolute Gasteiger partial charge is 0.222 e. The number of furan rings is 1. The molecular weight excluding hydrogens is 288 g/mol. The Morgan fingerprint density at radius 1 is 1.17 bits per heavy atom. The summed E-state index contributed by atoms with van der Waals surface area (Å²) in [5.74, 6) is 2.00. The zero-order chi connectivity index (χ0) is 15.6. The van der Waals surface area contributed by atoms with E-state index < -0.39 is 0 Å². The maximum Gasteiger partial charge on any atom is 0.222 e. The van der Waals surface area contributed by atoms with Crippen molar-refractivity contribution in [3.05, 3.63) is 36.1 Å². The average Bonchev–Trinajstić information content (AvgIpc) is 3.13. The summed E-state index contributed by atoms with van der Waals surface area (Å²) in [6.45, 7) is 4.97. The molecule has 2 aliphatic rings. The van der Waals surface area contributed by atoms with Crippen molar-refractivity contribution in [2.24, 2.45) is 5.92 Å². The third-order valence-corrected chi connectivity index (χ3v) is 5.11. The number of para-hydroxylation sites is 1. The Hall–Kier alpha value is -1.81. The quantitative estimate of drug-likeness (QED) is 0.869. The summed E-state index contributed by atoms with van der Waals surface area (Å²) in [5, 5.41) is 1.18. The number of rotatable bonds is 4. The number of nitrogens with zero attached hydrogens (tertiary/aromatic N) is 2. The van der Waals surface area contributed by atoms with E-state index >= 15 is 0 Å². The Balaban J connectivity index is 1.38. The van der Waals surface area contributed by atoms with Crippen molar-refractivity contribution in [1.29, 1.82) is 0 Å². The van der Waals surface area contributed by atoms with E-state index in [1.807, 2.05) is 18.2 Å². The zero-order valence-corrected chi connectivity index (χ0v) is 13.5. The number of benzene rings is 1. The van der Waals surface area contributed by atoms with Gasteiger partial charge in [0, 0.05) is 31.4 Å². The van der Waals surface area contributed by atoms with Crippen LogP contribution in [0.5, 0.6) is 0 Å². The van der Waals surface area contributed by atoms with Gasteiger partial charge in [0.25, 0.3) is 0 Å². The predicted molar refractivity (Wildman–Crippen MR) is 90.0 cm³/mol. The van der Waals surface area contributed by atoms with Gasteiger partial charge in [-0.2, -0.15) is 0 Å². The summed E-state index contributed by atoms with van der Waals surface area (Å²) < 4.78 is 5.95. The lowest BCUT2D eigenvalue weighted by Crippen LogP contribution is -2.41.